The van der Waals surface area contributed by atoms with E-state index in [0.29, 0.717) is 13.2 Å². The molecule has 136 valence electrons. The maximum absolute atomic E-state index is 12.9. The van der Waals surface area contributed by atoms with E-state index in [1.165, 1.54) is 5.56 Å². The Kier molecular flexibility index (Phi) is 5.21. The Morgan fingerprint density at radius 2 is 1.77 bits per heavy atom. The highest BCUT2D eigenvalue weighted by atomic mass is 16.5. The maximum Gasteiger partial charge on any atom is 0.229 e. The number of carbonyl (C=O) groups is 1. The summed E-state index contributed by atoms with van der Waals surface area (Å²) in [6, 6.07) is 18.3. The highest BCUT2D eigenvalue weighted by molar-refractivity contribution is 5.80. The molecule has 1 unspecified atom stereocenters. The van der Waals surface area contributed by atoms with Crippen LogP contribution in [0.4, 0.5) is 0 Å². The number of hydrogen-bond acceptors (Lipinski definition) is 3. The number of hydrogen-bond donors (Lipinski definition) is 0. The lowest BCUT2D eigenvalue weighted by molar-refractivity contribution is -0.139. The molecule has 0 aromatic heterocycles. The van der Waals surface area contributed by atoms with Gasteiger partial charge in [0.25, 0.3) is 0 Å². The quantitative estimate of drug-likeness (QED) is 0.847. The van der Waals surface area contributed by atoms with Crippen molar-refractivity contribution in [3.63, 3.8) is 0 Å². The Balaban J connectivity index is 1.26. The van der Waals surface area contributed by atoms with Gasteiger partial charge in [0.05, 0.1) is 18.6 Å². The van der Waals surface area contributed by atoms with E-state index in [1.807, 2.05) is 41.3 Å². The molecule has 0 radical (unpaired) electrons. The molecular formula is C22H25NO3. The number of fused-ring (bicyclic) bond motifs is 1. The second kappa shape index (κ2) is 7.92. The third-order valence-electron chi connectivity index (χ3n) is 5.31. The Bertz CT molecular complexity index is 738. The van der Waals surface area contributed by atoms with Crippen molar-refractivity contribution in [2.75, 3.05) is 19.7 Å². The second-order valence-electron chi connectivity index (χ2n) is 7.14. The molecule has 2 aliphatic heterocycles. The highest BCUT2D eigenvalue weighted by Crippen LogP contribution is 2.28. The minimum atomic E-state index is -0.0633. The Labute approximate surface area is 154 Å². The Hall–Kier alpha value is -2.33. The van der Waals surface area contributed by atoms with Crippen molar-refractivity contribution in [2.45, 2.75) is 32.0 Å². The lowest BCUT2D eigenvalue weighted by Gasteiger charge is -2.35. The van der Waals surface area contributed by atoms with Gasteiger partial charge in [-0.1, -0.05) is 48.5 Å². The van der Waals surface area contributed by atoms with Crippen LogP contribution in [0.3, 0.4) is 0 Å². The first-order valence-electron chi connectivity index (χ1n) is 9.44. The summed E-state index contributed by atoms with van der Waals surface area (Å²) in [4.78, 5) is 14.8. The van der Waals surface area contributed by atoms with Crippen molar-refractivity contribution in [2.24, 2.45) is 5.92 Å². The van der Waals surface area contributed by atoms with Crippen LogP contribution in [0.25, 0.3) is 0 Å². The Morgan fingerprint density at radius 1 is 1.04 bits per heavy atom. The van der Waals surface area contributed by atoms with Gasteiger partial charge >= 0.3 is 0 Å². The number of ether oxygens (including phenoxy) is 2. The predicted molar refractivity (Wildman–Crippen MR) is 100.0 cm³/mol. The largest absolute Gasteiger partial charge is 0.492 e. The third-order valence-corrected chi connectivity index (χ3v) is 5.31. The number of amides is 1. The monoisotopic (exact) mass is 351 g/mol. The summed E-state index contributed by atoms with van der Waals surface area (Å²) in [6.45, 7) is 2.68. The summed E-state index contributed by atoms with van der Waals surface area (Å²) >= 11 is 0. The van der Waals surface area contributed by atoms with Gasteiger partial charge in [-0.2, -0.15) is 0 Å². The molecule has 1 saturated heterocycles. The smallest absolute Gasteiger partial charge is 0.229 e. The SMILES string of the molecule is O=C(C1COc2ccccc2C1)N1CCC(OCc2ccccc2)CC1. The fraction of sp³-hybridized carbons (Fsp3) is 0.409. The minimum Gasteiger partial charge on any atom is -0.492 e. The molecule has 1 amide bonds. The average Bonchev–Trinajstić information content (AvgIpc) is 2.72. The molecule has 0 bridgehead atoms. The lowest BCUT2D eigenvalue weighted by Crippen LogP contribution is -2.46. The van der Waals surface area contributed by atoms with Gasteiger partial charge in [0, 0.05) is 13.1 Å². The number of likely N-dealkylation sites (tertiary alicyclic amines) is 1. The van der Waals surface area contributed by atoms with E-state index in [1.54, 1.807) is 0 Å². The number of piperidine rings is 1. The zero-order chi connectivity index (χ0) is 17.8. The first-order chi connectivity index (χ1) is 12.8. The summed E-state index contributed by atoms with van der Waals surface area (Å²) in [5.74, 6) is 1.08. The van der Waals surface area contributed by atoms with Crippen LogP contribution in [0.5, 0.6) is 5.75 Å². The summed E-state index contributed by atoms with van der Waals surface area (Å²) in [6.07, 6.45) is 2.83. The van der Waals surface area contributed by atoms with Crippen LogP contribution in [0.2, 0.25) is 0 Å². The van der Waals surface area contributed by atoms with Crippen molar-refractivity contribution < 1.29 is 14.3 Å². The molecule has 4 rings (SSSR count). The van der Waals surface area contributed by atoms with Crippen LogP contribution in [-0.4, -0.2) is 36.6 Å². The van der Waals surface area contributed by atoms with E-state index in [4.69, 9.17) is 9.47 Å². The van der Waals surface area contributed by atoms with Gasteiger partial charge in [-0.3, -0.25) is 4.79 Å². The van der Waals surface area contributed by atoms with Crippen LogP contribution < -0.4 is 4.74 Å². The topological polar surface area (TPSA) is 38.8 Å². The zero-order valence-electron chi connectivity index (χ0n) is 15.0. The summed E-state index contributed by atoms with van der Waals surface area (Å²) < 4.78 is 11.8. The number of carbonyl (C=O) groups excluding carboxylic acids is 1. The standard InChI is InChI=1S/C22H25NO3/c24-22(19-14-18-8-4-5-9-21(18)26-16-19)23-12-10-20(11-13-23)25-15-17-6-2-1-3-7-17/h1-9,19-20H,10-16H2. The molecule has 2 heterocycles. The molecule has 2 aromatic rings. The molecule has 2 aromatic carbocycles. The van der Waals surface area contributed by atoms with E-state index < -0.39 is 0 Å². The molecule has 2 aliphatic rings. The molecule has 0 spiro atoms. The van der Waals surface area contributed by atoms with Crippen LogP contribution in [0, 0.1) is 5.92 Å². The van der Waals surface area contributed by atoms with Crippen LogP contribution in [0.15, 0.2) is 54.6 Å². The van der Waals surface area contributed by atoms with E-state index in [9.17, 15) is 4.79 Å². The fourth-order valence-electron chi connectivity index (χ4n) is 3.78. The van der Waals surface area contributed by atoms with Gasteiger partial charge < -0.3 is 14.4 Å². The Morgan fingerprint density at radius 3 is 2.58 bits per heavy atom. The molecule has 26 heavy (non-hydrogen) atoms. The zero-order valence-corrected chi connectivity index (χ0v) is 15.0. The maximum atomic E-state index is 12.9. The fourth-order valence-corrected chi connectivity index (χ4v) is 3.78. The van der Waals surface area contributed by atoms with Gasteiger partial charge in [0.1, 0.15) is 12.4 Å². The van der Waals surface area contributed by atoms with Gasteiger partial charge in [-0.15, -0.1) is 0 Å². The van der Waals surface area contributed by atoms with Crippen molar-refractivity contribution in [3.05, 3.63) is 65.7 Å². The van der Waals surface area contributed by atoms with Gasteiger partial charge in [0.15, 0.2) is 0 Å². The first-order valence-corrected chi connectivity index (χ1v) is 9.44. The summed E-state index contributed by atoms with van der Waals surface area (Å²) in [5.41, 5.74) is 2.34. The number of benzene rings is 2. The first kappa shape index (κ1) is 17.1. The van der Waals surface area contributed by atoms with Gasteiger partial charge in [-0.05, 0) is 36.5 Å². The van der Waals surface area contributed by atoms with Gasteiger partial charge in [-0.25, -0.2) is 0 Å². The van der Waals surface area contributed by atoms with Crippen LogP contribution >= 0.6 is 0 Å². The molecular weight excluding hydrogens is 326 g/mol. The van der Waals surface area contributed by atoms with Gasteiger partial charge in [0.2, 0.25) is 5.91 Å². The highest BCUT2D eigenvalue weighted by Gasteiger charge is 2.31. The second-order valence-corrected chi connectivity index (χ2v) is 7.14. The minimum absolute atomic E-state index is 0.0633. The van der Waals surface area contributed by atoms with Crippen molar-refractivity contribution in [1.82, 2.24) is 4.90 Å². The van der Waals surface area contributed by atoms with Crippen LogP contribution in [-0.2, 0) is 22.6 Å². The van der Waals surface area contributed by atoms with E-state index in [0.717, 1.165) is 43.7 Å². The molecule has 4 nitrogen and oxygen atoms in total. The molecule has 0 saturated carbocycles. The summed E-state index contributed by atoms with van der Waals surface area (Å²) in [7, 11) is 0. The van der Waals surface area contributed by atoms with Crippen molar-refractivity contribution >= 4 is 5.91 Å². The van der Waals surface area contributed by atoms with Crippen molar-refractivity contribution in [1.29, 1.82) is 0 Å². The lowest BCUT2D eigenvalue weighted by atomic mass is 9.94. The van der Waals surface area contributed by atoms with Crippen LogP contribution in [0.1, 0.15) is 24.0 Å². The van der Waals surface area contributed by atoms with Crippen molar-refractivity contribution in [3.8, 4) is 5.75 Å². The predicted octanol–water partition coefficient (Wildman–Crippen LogP) is 3.45. The molecule has 1 fully saturated rings. The number of rotatable bonds is 4. The summed E-state index contributed by atoms with van der Waals surface area (Å²) in [5, 5.41) is 0. The molecule has 0 aliphatic carbocycles. The molecule has 1 atom stereocenters. The number of para-hydroxylation sites is 1. The third kappa shape index (κ3) is 3.91. The van der Waals surface area contributed by atoms with E-state index in [2.05, 4.69) is 18.2 Å². The average molecular weight is 351 g/mol. The van der Waals surface area contributed by atoms with E-state index >= 15 is 0 Å². The normalized spacial score (nSPS) is 20.3. The van der Waals surface area contributed by atoms with E-state index in [-0.39, 0.29) is 17.9 Å². The molecule has 0 N–H and O–H groups in total. The number of nitrogens with zero attached hydrogens (tertiary/aromatic N) is 1. The molecule has 4 heteroatoms.